The van der Waals surface area contributed by atoms with E-state index >= 15 is 0 Å². The SMILES string of the molecule is CCN(CC)CC#Cc1cccs1. The summed E-state index contributed by atoms with van der Waals surface area (Å²) in [7, 11) is 0. The fourth-order valence-electron chi connectivity index (χ4n) is 1.04. The maximum atomic E-state index is 3.18. The average Bonchev–Trinajstić information content (AvgIpc) is 2.65. The van der Waals surface area contributed by atoms with Gasteiger partial charge in [0.05, 0.1) is 11.4 Å². The molecule has 0 saturated carbocycles. The van der Waals surface area contributed by atoms with Crippen LogP contribution in [0.2, 0.25) is 0 Å². The highest BCUT2D eigenvalue weighted by atomic mass is 32.1. The number of thiophene rings is 1. The van der Waals surface area contributed by atoms with E-state index in [1.807, 2.05) is 6.07 Å². The Labute approximate surface area is 84.4 Å². The van der Waals surface area contributed by atoms with Crippen LogP contribution in [0.25, 0.3) is 0 Å². The molecule has 0 unspecified atom stereocenters. The zero-order chi connectivity index (χ0) is 9.52. The highest BCUT2D eigenvalue weighted by molar-refractivity contribution is 7.10. The first kappa shape index (κ1) is 10.3. The molecular formula is C11H15NS. The zero-order valence-corrected chi connectivity index (χ0v) is 9.03. The number of hydrogen-bond acceptors (Lipinski definition) is 2. The van der Waals surface area contributed by atoms with Crippen LogP contribution in [0.4, 0.5) is 0 Å². The van der Waals surface area contributed by atoms with Crippen molar-refractivity contribution in [1.29, 1.82) is 0 Å². The Morgan fingerprint density at radius 2 is 2.15 bits per heavy atom. The van der Waals surface area contributed by atoms with Crippen molar-refractivity contribution in [1.82, 2.24) is 4.90 Å². The van der Waals surface area contributed by atoms with Crippen LogP contribution in [0.1, 0.15) is 18.7 Å². The third-order valence-corrected chi connectivity index (χ3v) is 2.72. The Balaban J connectivity index is 2.40. The molecule has 0 aliphatic rings. The molecule has 1 aromatic rings. The average molecular weight is 193 g/mol. The van der Waals surface area contributed by atoms with Crippen molar-refractivity contribution in [2.75, 3.05) is 19.6 Å². The minimum atomic E-state index is 0.880. The van der Waals surface area contributed by atoms with Crippen molar-refractivity contribution in [3.8, 4) is 11.8 Å². The van der Waals surface area contributed by atoms with Crippen LogP contribution in [0, 0.1) is 11.8 Å². The first-order chi connectivity index (χ1) is 6.36. The highest BCUT2D eigenvalue weighted by Crippen LogP contribution is 2.05. The Kier molecular flexibility index (Phi) is 4.59. The lowest BCUT2D eigenvalue weighted by molar-refractivity contribution is 0.342. The molecule has 0 atom stereocenters. The van der Waals surface area contributed by atoms with E-state index in [9.17, 15) is 0 Å². The Hall–Kier alpha value is -0.780. The molecule has 2 heteroatoms. The van der Waals surface area contributed by atoms with Gasteiger partial charge in [0.15, 0.2) is 0 Å². The first-order valence-electron chi connectivity index (χ1n) is 4.61. The largest absolute Gasteiger partial charge is 0.293 e. The van der Waals surface area contributed by atoms with Gasteiger partial charge in [0.1, 0.15) is 0 Å². The molecule has 13 heavy (non-hydrogen) atoms. The fourth-order valence-corrected chi connectivity index (χ4v) is 1.63. The van der Waals surface area contributed by atoms with E-state index in [4.69, 9.17) is 0 Å². The van der Waals surface area contributed by atoms with Gasteiger partial charge in [-0.3, -0.25) is 4.90 Å². The lowest BCUT2D eigenvalue weighted by Crippen LogP contribution is -2.22. The van der Waals surface area contributed by atoms with Crippen LogP contribution in [0.3, 0.4) is 0 Å². The summed E-state index contributed by atoms with van der Waals surface area (Å²) in [5.41, 5.74) is 0. The van der Waals surface area contributed by atoms with Crippen LogP contribution in [-0.4, -0.2) is 24.5 Å². The van der Waals surface area contributed by atoms with Crippen LogP contribution in [0.5, 0.6) is 0 Å². The van der Waals surface area contributed by atoms with Crippen molar-refractivity contribution >= 4 is 11.3 Å². The first-order valence-corrected chi connectivity index (χ1v) is 5.49. The van der Waals surface area contributed by atoms with Crippen LogP contribution < -0.4 is 0 Å². The Morgan fingerprint density at radius 1 is 1.38 bits per heavy atom. The summed E-state index contributed by atoms with van der Waals surface area (Å²) >= 11 is 1.70. The van der Waals surface area contributed by atoms with Crippen LogP contribution in [0.15, 0.2) is 17.5 Å². The topological polar surface area (TPSA) is 3.24 Å². The van der Waals surface area contributed by atoms with Gasteiger partial charge in [-0.05, 0) is 24.5 Å². The highest BCUT2D eigenvalue weighted by Gasteiger charge is 1.93. The second-order valence-corrected chi connectivity index (χ2v) is 3.69. The van der Waals surface area contributed by atoms with E-state index in [0.29, 0.717) is 0 Å². The number of hydrogen-bond donors (Lipinski definition) is 0. The van der Waals surface area contributed by atoms with Crippen molar-refractivity contribution in [3.63, 3.8) is 0 Å². The number of nitrogens with zero attached hydrogens (tertiary/aromatic N) is 1. The molecule has 0 aromatic carbocycles. The molecule has 0 saturated heterocycles. The lowest BCUT2D eigenvalue weighted by Gasteiger charge is -2.12. The zero-order valence-electron chi connectivity index (χ0n) is 8.21. The van der Waals surface area contributed by atoms with Crippen molar-refractivity contribution in [3.05, 3.63) is 22.4 Å². The van der Waals surface area contributed by atoms with Gasteiger partial charge in [-0.25, -0.2) is 0 Å². The monoisotopic (exact) mass is 193 g/mol. The molecule has 0 aliphatic carbocycles. The second kappa shape index (κ2) is 5.80. The Bertz CT molecular complexity index is 275. The van der Waals surface area contributed by atoms with Crippen molar-refractivity contribution in [2.45, 2.75) is 13.8 Å². The fraction of sp³-hybridized carbons (Fsp3) is 0.455. The van der Waals surface area contributed by atoms with Gasteiger partial charge in [0.25, 0.3) is 0 Å². The van der Waals surface area contributed by atoms with E-state index in [-0.39, 0.29) is 0 Å². The van der Waals surface area contributed by atoms with E-state index < -0.39 is 0 Å². The predicted molar refractivity (Wildman–Crippen MR) is 59.0 cm³/mol. The quantitative estimate of drug-likeness (QED) is 0.666. The van der Waals surface area contributed by atoms with Gasteiger partial charge in [-0.2, -0.15) is 0 Å². The molecule has 1 nitrogen and oxygen atoms in total. The number of rotatable bonds is 3. The van der Waals surface area contributed by atoms with Crippen LogP contribution >= 0.6 is 11.3 Å². The van der Waals surface area contributed by atoms with Crippen LogP contribution in [-0.2, 0) is 0 Å². The molecule has 0 amide bonds. The van der Waals surface area contributed by atoms with Crippen molar-refractivity contribution < 1.29 is 0 Å². The molecular weight excluding hydrogens is 178 g/mol. The van der Waals surface area contributed by atoms with Gasteiger partial charge in [0.2, 0.25) is 0 Å². The Morgan fingerprint density at radius 3 is 2.69 bits per heavy atom. The molecule has 0 aliphatic heterocycles. The van der Waals surface area contributed by atoms with Crippen molar-refractivity contribution in [2.24, 2.45) is 0 Å². The molecule has 0 fully saturated rings. The maximum Gasteiger partial charge on any atom is 0.0768 e. The van der Waals surface area contributed by atoms with E-state index in [1.165, 1.54) is 0 Å². The predicted octanol–water partition coefficient (Wildman–Crippen LogP) is 2.44. The van der Waals surface area contributed by atoms with Gasteiger partial charge in [-0.1, -0.05) is 31.8 Å². The normalized spacial score (nSPS) is 9.77. The van der Waals surface area contributed by atoms with E-state index in [1.54, 1.807) is 11.3 Å². The minimum Gasteiger partial charge on any atom is -0.293 e. The molecule has 70 valence electrons. The smallest absolute Gasteiger partial charge is 0.0768 e. The van der Waals surface area contributed by atoms with E-state index in [2.05, 4.69) is 42.0 Å². The maximum absolute atomic E-state index is 3.18. The summed E-state index contributed by atoms with van der Waals surface area (Å²) in [6.45, 7) is 7.36. The summed E-state index contributed by atoms with van der Waals surface area (Å²) in [5.74, 6) is 6.33. The van der Waals surface area contributed by atoms with Gasteiger partial charge in [0, 0.05) is 0 Å². The molecule has 1 heterocycles. The van der Waals surface area contributed by atoms with Gasteiger partial charge in [-0.15, -0.1) is 11.3 Å². The summed E-state index contributed by atoms with van der Waals surface area (Å²) in [4.78, 5) is 3.47. The molecule has 0 radical (unpaired) electrons. The summed E-state index contributed by atoms with van der Waals surface area (Å²) in [6.07, 6.45) is 0. The molecule has 1 aromatic heterocycles. The minimum absolute atomic E-state index is 0.880. The third-order valence-electron chi connectivity index (χ3n) is 1.93. The molecule has 0 N–H and O–H groups in total. The summed E-state index contributed by atoms with van der Waals surface area (Å²) in [6, 6.07) is 4.09. The molecule has 1 rings (SSSR count). The summed E-state index contributed by atoms with van der Waals surface area (Å²) in [5, 5.41) is 2.06. The second-order valence-electron chi connectivity index (χ2n) is 2.74. The third kappa shape index (κ3) is 3.63. The van der Waals surface area contributed by atoms with Gasteiger partial charge >= 0.3 is 0 Å². The lowest BCUT2D eigenvalue weighted by atomic mass is 10.4. The molecule has 0 spiro atoms. The summed E-state index contributed by atoms with van der Waals surface area (Å²) < 4.78 is 0. The van der Waals surface area contributed by atoms with E-state index in [0.717, 1.165) is 24.5 Å². The standard InChI is InChI=1S/C11H15NS/c1-3-12(4-2)9-5-7-11-8-6-10-13-11/h6,8,10H,3-4,9H2,1-2H3. The molecule has 0 bridgehead atoms. The van der Waals surface area contributed by atoms with Gasteiger partial charge < -0.3 is 0 Å².